The van der Waals surface area contributed by atoms with Gasteiger partial charge in [0, 0.05) is 45.5 Å². The summed E-state index contributed by atoms with van der Waals surface area (Å²) in [5, 5.41) is 9.14. The van der Waals surface area contributed by atoms with E-state index in [0.29, 0.717) is 0 Å². The predicted octanol–water partition coefficient (Wildman–Crippen LogP) is 6.60. The topological polar surface area (TPSA) is 75.6 Å². The Bertz CT molecular complexity index is 1420. The molecule has 2 aromatic carbocycles. The lowest BCUT2D eigenvalue weighted by atomic mass is 10.0. The molecule has 0 aliphatic heterocycles. The van der Waals surface area contributed by atoms with Gasteiger partial charge in [0.2, 0.25) is 0 Å². The van der Waals surface area contributed by atoms with Crippen LogP contribution in [0.3, 0.4) is 0 Å². The lowest BCUT2D eigenvalue weighted by Crippen LogP contribution is -2.01. The van der Waals surface area contributed by atoms with E-state index in [1.54, 1.807) is 30.5 Å². The Morgan fingerprint density at radius 3 is 2.52 bits per heavy atom. The van der Waals surface area contributed by atoms with E-state index < -0.39 is 0 Å². The summed E-state index contributed by atoms with van der Waals surface area (Å²) >= 11 is 1.72. The largest absolute Gasteiger partial charge is 0.340 e. The Morgan fingerprint density at radius 2 is 1.67 bits per heavy atom. The lowest BCUT2D eigenvalue weighted by Gasteiger charge is -2.17. The lowest BCUT2D eigenvalue weighted by molar-refractivity contribution is 1.17. The monoisotopic (exact) mass is 450 g/mol. The fourth-order valence-electron chi connectivity index (χ4n) is 3.75. The molecule has 0 aliphatic rings. The molecule has 5 aromatic rings. The number of anilines is 4. The van der Waals surface area contributed by atoms with Crippen molar-refractivity contribution in [3.05, 3.63) is 91.1 Å². The second kappa shape index (κ2) is 9.26. The highest BCUT2D eigenvalue weighted by atomic mass is 32.2. The zero-order chi connectivity index (χ0) is 22.6. The van der Waals surface area contributed by atoms with Crippen molar-refractivity contribution >= 4 is 45.5 Å². The quantitative estimate of drug-likeness (QED) is 0.282. The number of pyridine rings is 2. The van der Waals surface area contributed by atoms with Crippen molar-refractivity contribution in [2.45, 2.75) is 11.8 Å². The van der Waals surface area contributed by atoms with E-state index in [0.717, 1.165) is 50.6 Å². The maximum Gasteiger partial charge on any atom is 0.139 e. The Labute approximate surface area is 196 Å². The van der Waals surface area contributed by atoms with Gasteiger partial charge in [0.15, 0.2) is 0 Å². The molecular weight excluding hydrogens is 428 g/mol. The Hall–Kier alpha value is -3.97. The van der Waals surface area contributed by atoms with Crippen molar-refractivity contribution in [1.29, 1.82) is 0 Å². The number of hydrogen-bond acceptors (Lipinski definition) is 7. The van der Waals surface area contributed by atoms with Gasteiger partial charge in [0.25, 0.3) is 0 Å². The molecule has 0 bridgehead atoms. The van der Waals surface area contributed by atoms with Gasteiger partial charge in [0.1, 0.15) is 18.0 Å². The zero-order valence-corrected chi connectivity index (χ0v) is 19.1. The van der Waals surface area contributed by atoms with Crippen molar-refractivity contribution in [3.63, 3.8) is 0 Å². The molecule has 0 atom stereocenters. The number of thioether (sulfide) groups is 1. The van der Waals surface area contributed by atoms with Crippen LogP contribution in [0.15, 0.2) is 90.5 Å². The second-order valence-corrected chi connectivity index (χ2v) is 8.37. The highest BCUT2D eigenvalue weighted by Gasteiger charge is 2.13. The summed E-state index contributed by atoms with van der Waals surface area (Å²) < 4.78 is 0. The van der Waals surface area contributed by atoms with Crippen LogP contribution in [0.4, 0.5) is 23.0 Å². The van der Waals surface area contributed by atoms with E-state index in [4.69, 9.17) is 0 Å². The van der Waals surface area contributed by atoms with Crippen LogP contribution in [0.2, 0.25) is 0 Å². The molecule has 2 N–H and O–H groups in total. The van der Waals surface area contributed by atoms with Gasteiger partial charge in [-0.25, -0.2) is 19.9 Å². The Morgan fingerprint density at radius 1 is 0.758 bits per heavy atom. The normalized spacial score (nSPS) is 10.8. The second-order valence-electron chi connectivity index (χ2n) is 7.49. The predicted molar refractivity (Wildman–Crippen MR) is 137 cm³/mol. The van der Waals surface area contributed by atoms with Crippen molar-refractivity contribution in [2.75, 3.05) is 16.9 Å². The first-order valence-corrected chi connectivity index (χ1v) is 11.7. The third-order valence-electron chi connectivity index (χ3n) is 5.40. The molecular formula is C26H22N6S. The number of rotatable bonds is 6. The minimum absolute atomic E-state index is 0.741. The summed E-state index contributed by atoms with van der Waals surface area (Å²) in [6.07, 6.45) is 8.96. The van der Waals surface area contributed by atoms with Crippen LogP contribution in [-0.2, 0) is 0 Å². The number of benzene rings is 2. The van der Waals surface area contributed by atoms with Crippen molar-refractivity contribution in [3.8, 4) is 11.3 Å². The fraction of sp³-hybridized carbons (Fsp3) is 0.0769. The summed E-state index contributed by atoms with van der Waals surface area (Å²) in [4.78, 5) is 18.9. The molecule has 0 aliphatic carbocycles. The summed E-state index contributed by atoms with van der Waals surface area (Å²) in [5.41, 5.74) is 4.84. The molecule has 0 spiro atoms. The van der Waals surface area contributed by atoms with Crippen LogP contribution >= 0.6 is 11.8 Å². The zero-order valence-electron chi connectivity index (χ0n) is 18.3. The molecule has 5 rings (SSSR count). The van der Waals surface area contributed by atoms with E-state index in [1.807, 2.05) is 36.5 Å². The van der Waals surface area contributed by atoms with E-state index in [-0.39, 0.29) is 0 Å². The van der Waals surface area contributed by atoms with E-state index in [9.17, 15) is 0 Å². The summed E-state index contributed by atoms with van der Waals surface area (Å²) in [6, 6.07) is 20.4. The standard InChI is InChI=1S/C26H22N6S/c1-17-8-9-21-20(10-14-29-25(21)31-18-5-3-6-19(15-18)33-2)24(17)32-26-22(7-4-12-28-26)23-11-13-27-16-30-23/h3-16H,1-2H3,(H,28,32)(H,29,31). The summed E-state index contributed by atoms with van der Waals surface area (Å²) in [7, 11) is 0. The van der Waals surface area contributed by atoms with Crippen molar-refractivity contribution in [2.24, 2.45) is 0 Å². The molecule has 6 nitrogen and oxygen atoms in total. The molecule has 0 saturated heterocycles. The molecule has 0 fully saturated rings. The number of aryl methyl sites for hydroxylation is 1. The van der Waals surface area contributed by atoms with E-state index in [1.165, 1.54) is 4.90 Å². The number of nitrogens with one attached hydrogen (secondary N) is 2. The van der Waals surface area contributed by atoms with Gasteiger partial charge >= 0.3 is 0 Å². The van der Waals surface area contributed by atoms with E-state index >= 15 is 0 Å². The SMILES string of the molecule is CSc1cccc(Nc2nccc3c(Nc4ncccc4-c4ccncn4)c(C)ccc23)c1. The van der Waals surface area contributed by atoms with Gasteiger partial charge in [0.05, 0.1) is 11.4 Å². The summed E-state index contributed by atoms with van der Waals surface area (Å²) in [5.74, 6) is 1.55. The molecule has 3 aromatic heterocycles. The Balaban J connectivity index is 1.57. The van der Waals surface area contributed by atoms with Gasteiger partial charge in [-0.2, -0.15) is 0 Å². The minimum atomic E-state index is 0.741. The number of aromatic nitrogens is 4. The first kappa shape index (κ1) is 20.9. The Kier molecular flexibility index (Phi) is 5.87. The van der Waals surface area contributed by atoms with Crippen molar-refractivity contribution < 1.29 is 0 Å². The number of fused-ring (bicyclic) bond motifs is 1. The smallest absolute Gasteiger partial charge is 0.139 e. The minimum Gasteiger partial charge on any atom is -0.340 e. The number of hydrogen-bond donors (Lipinski definition) is 2. The first-order valence-electron chi connectivity index (χ1n) is 10.5. The van der Waals surface area contributed by atoms with Gasteiger partial charge in [-0.1, -0.05) is 18.2 Å². The van der Waals surface area contributed by atoms with Crippen LogP contribution in [0.5, 0.6) is 0 Å². The third kappa shape index (κ3) is 4.36. The first-order chi connectivity index (χ1) is 16.2. The van der Waals surface area contributed by atoms with Crippen LogP contribution in [0, 0.1) is 6.92 Å². The molecule has 0 saturated carbocycles. The molecule has 0 amide bonds. The molecule has 0 unspecified atom stereocenters. The van der Waals surface area contributed by atoms with Crippen LogP contribution in [-0.4, -0.2) is 26.2 Å². The maximum atomic E-state index is 4.62. The molecule has 33 heavy (non-hydrogen) atoms. The molecule has 0 radical (unpaired) electrons. The van der Waals surface area contributed by atoms with Crippen LogP contribution in [0.1, 0.15) is 5.56 Å². The molecule has 3 heterocycles. The van der Waals surface area contributed by atoms with Gasteiger partial charge in [-0.15, -0.1) is 11.8 Å². The van der Waals surface area contributed by atoms with Crippen molar-refractivity contribution in [1.82, 2.24) is 19.9 Å². The maximum absolute atomic E-state index is 4.62. The van der Waals surface area contributed by atoms with Gasteiger partial charge in [-0.3, -0.25) is 0 Å². The van der Waals surface area contributed by atoms with Crippen LogP contribution < -0.4 is 10.6 Å². The average Bonchev–Trinajstić information content (AvgIpc) is 2.87. The summed E-state index contributed by atoms with van der Waals surface area (Å²) in [6.45, 7) is 2.09. The molecule has 162 valence electrons. The van der Waals surface area contributed by atoms with Gasteiger partial charge < -0.3 is 10.6 Å². The van der Waals surface area contributed by atoms with Gasteiger partial charge in [-0.05, 0) is 61.2 Å². The third-order valence-corrected chi connectivity index (χ3v) is 6.12. The number of nitrogens with zero attached hydrogens (tertiary/aromatic N) is 4. The average molecular weight is 451 g/mol. The molecule has 7 heteroatoms. The fourth-order valence-corrected chi connectivity index (χ4v) is 4.21. The van der Waals surface area contributed by atoms with E-state index in [2.05, 4.69) is 74.1 Å². The van der Waals surface area contributed by atoms with Crippen LogP contribution in [0.25, 0.3) is 22.0 Å². The highest BCUT2D eigenvalue weighted by Crippen LogP contribution is 2.35. The highest BCUT2D eigenvalue weighted by molar-refractivity contribution is 7.98.